The third-order valence-electron chi connectivity index (χ3n) is 2.23. The molecule has 21 heavy (non-hydrogen) atoms. The number of nitrogens with one attached hydrogen (secondary N) is 1. The van der Waals surface area contributed by atoms with Gasteiger partial charge in [-0.25, -0.2) is 9.78 Å². The minimum Gasteiger partial charge on any atom is -0.487 e. The fourth-order valence-electron chi connectivity index (χ4n) is 1.39. The number of hydrogen-bond donors (Lipinski definition) is 1. The molecule has 0 radical (unpaired) electrons. The maximum absolute atomic E-state index is 11.8. The molecule has 0 aliphatic heterocycles. The molecule has 0 spiro atoms. The Morgan fingerprint density at radius 2 is 2.05 bits per heavy atom. The maximum Gasteiger partial charge on any atom is 0.330 e. The summed E-state index contributed by atoms with van der Waals surface area (Å²) in [7, 11) is 1.29. The molecule has 0 unspecified atom stereocenters. The molecule has 1 aromatic heterocycles. The molecule has 6 heteroatoms. The normalized spacial score (nSPS) is 11.2. The summed E-state index contributed by atoms with van der Waals surface area (Å²) in [5, 5.41) is 2.61. The highest BCUT2D eigenvalue weighted by Gasteiger charge is 2.12. The first-order valence-corrected chi connectivity index (χ1v) is 6.49. The summed E-state index contributed by atoms with van der Waals surface area (Å²) in [5.41, 5.74) is -0.0350. The van der Waals surface area contributed by atoms with Crippen molar-refractivity contribution in [2.24, 2.45) is 0 Å². The third-order valence-corrected chi connectivity index (χ3v) is 2.23. The summed E-state index contributed by atoms with van der Waals surface area (Å²) in [5.74, 6) is -0.192. The van der Waals surface area contributed by atoms with E-state index in [9.17, 15) is 9.59 Å². The lowest BCUT2D eigenvalue weighted by Crippen LogP contribution is -2.25. The van der Waals surface area contributed by atoms with Crippen LogP contribution >= 0.6 is 0 Å². The second-order valence-corrected chi connectivity index (χ2v) is 5.23. The van der Waals surface area contributed by atoms with E-state index in [4.69, 9.17) is 4.74 Å². The Kier molecular flexibility index (Phi) is 5.90. The molecule has 0 aliphatic rings. The molecule has 0 saturated carbocycles. The van der Waals surface area contributed by atoms with Gasteiger partial charge >= 0.3 is 5.97 Å². The van der Waals surface area contributed by atoms with E-state index in [2.05, 4.69) is 15.0 Å². The Hall–Kier alpha value is -2.37. The van der Waals surface area contributed by atoms with Gasteiger partial charge in [0, 0.05) is 12.6 Å². The number of nitrogens with zero attached hydrogens (tertiary/aromatic N) is 1. The lowest BCUT2D eigenvalue weighted by molar-refractivity contribution is -0.134. The van der Waals surface area contributed by atoms with Crippen LogP contribution in [0.3, 0.4) is 0 Å². The van der Waals surface area contributed by atoms with E-state index in [-0.39, 0.29) is 23.7 Å². The van der Waals surface area contributed by atoms with Crippen molar-refractivity contribution in [3.8, 4) is 5.75 Å². The van der Waals surface area contributed by atoms with Crippen molar-refractivity contribution in [2.75, 3.05) is 13.7 Å². The molecule has 6 nitrogen and oxygen atoms in total. The quantitative estimate of drug-likeness (QED) is 0.660. The van der Waals surface area contributed by atoms with E-state index in [0.29, 0.717) is 5.75 Å². The molecule has 1 rings (SSSR count). The van der Waals surface area contributed by atoms with Crippen LogP contribution in [-0.2, 0) is 9.53 Å². The van der Waals surface area contributed by atoms with Crippen LogP contribution in [0.1, 0.15) is 31.3 Å². The summed E-state index contributed by atoms with van der Waals surface area (Å²) >= 11 is 0. The van der Waals surface area contributed by atoms with Crippen molar-refractivity contribution in [1.82, 2.24) is 10.3 Å². The van der Waals surface area contributed by atoms with Crippen LogP contribution in [0, 0.1) is 0 Å². The number of carbonyl (C=O) groups excluding carboxylic acids is 2. The second kappa shape index (κ2) is 7.42. The first kappa shape index (κ1) is 16.7. The van der Waals surface area contributed by atoms with Gasteiger partial charge in [0.2, 0.25) is 0 Å². The van der Waals surface area contributed by atoms with Crippen LogP contribution in [-0.4, -0.2) is 36.1 Å². The topological polar surface area (TPSA) is 77.5 Å². The van der Waals surface area contributed by atoms with Crippen LogP contribution in [0.25, 0.3) is 0 Å². The van der Waals surface area contributed by atoms with E-state index in [1.54, 1.807) is 12.1 Å². The lowest BCUT2D eigenvalue weighted by Gasteiger charge is -2.20. The van der Waals surface area contributed by atoms with Crippen LogP contribution in [0.4, 0.5) is 0 Å². The highest BCUT2D eigenvalue weighted by atomic mass is 16.5. The smallest absolute Gasteiger partial charge is 0.330 e. The van der Waals surface area contributed by atoms with Crippen molar-refractivity contribution >= 4 is 11.9 Å². The summed E-state index contributed by atoms with van der Waals surface area (Å²) in [4.78, 5) is 26.7. The zero-order valence-corrected chi connectivity index (χ0v) is 12.7. The lowest BCUT2D eigenvalue weighted by atomic mass is 10.2. The monoisotopic (exact) mass is 292 g/mol. The molecular formula is C15H20N2O4. The number of aromatic nitrogens is 1. The third kappa shape index (κ3) is 6.56. The second-order valence-electron chi connectivity index (χ2n) is 5.23. The molecule has 0 aromatic carbocycles. The van der Waals surface area contributed by atoms with Crippen molar-refractivity contribution in [3.05, 3.63) is 36.2 Å². The van der Waals surface area contributed by atoms with Crippen molar-refractivity contribution in [3.63, 3.8) is 0 Å². The van der Waals surface area contributed by atoms with Gasteiger partial charge in [0.15, 0.2) is 0 Å². The summed E-state index contributed by atoms with van der Waals surface area (Å²) in [6.45, 7) is 6.01. The van der Waals surface area contributed by atoms with Gasteiger partial charge in [-0.15, -0.1) is 0 Å². The standard InChI is InChI=1S/C15H20N2O4/c1-15(2,3)21-11-7-8-12(17-10-11)14(19)16-9-5-6-13(18)20-4/h5-8,10H,9H2,1-4H3,(H,16,19)/b6-5+. The maximum atomic E-state index is 11.8. The number of methoxy groups -OCH3 is 1. The number of hydrogen-bond acceptors (Lipinski definition) is 5. The predicted molar refractivity (Wildman–Crippen MR) is 78.1 cm³/mol. The predicted octanol–water partition coefficient (Wildman–Crippen LogP) is 1.72. The molecular weight excluding hydrogens is 272 g/mol. The van der Waals surface area contributed by atoms with Crippen LogP contribution in [0.15, 0.2) is 30.5 Å². The van der Waals surface area contributed by atoms with E-state index >= 15 is 0 Å². The van der Waals surface area contributed by atoms with Gasteiger partial charge in [-0.1, -0.05) is 6.08 Å². The van der Waals surface area contributed by atoms with Gasteiger partial charge in [0.05, 0.1) is 13.3 Å². The number of carbonyl (C=O) groups is 2. The minimum absolute atomic E-state index is 0.218. The zero-order chi connectivity index (χ0) is 15.9. The van der Waals surface area contributed by atoms with Gasteiger partial charge in [-0.05, 0) is 32.9 Å². The Balaban J connectivity index is 2.52. The van der Waals surface area contributed by atoms with Gasteiger partial charge in [-0.3, -0.25) is 4.79 Å². The van der Waals surface area contributed by atoms with E-state index in [0.717, 1.165) is 0 Å². The molecule has 1 aromatic rings. The molecule has 0 saturated heterocycles. The number of pyridine rings is 1. The minimum atomic E-state index is -0.467. The largest absolute Gasteiger partial charge is 0.487 e. The number of ether oxygens (including phenoxy) is 2. The first-order valence-electron chi connectivity index (χ1n) is 6.49. The molecule has 0 aliphatic carbocycles. The van der Waals surface area contributed by atoms with Crippen molar-refractivity contribution < 1.29 is 19.1 Å². The van der Waals surface area contributed by atoms with Crippen LogP contribution in [0.2, 0.25) is 0 Å². The van der Waals surface area contributed by atoms with Gasteiger partial charge in [-0.2, -0.15) is 0 Å². The molecule has 1 heterocycles. The Morgan fingerprint density at radius 1 is 1.33 bits per heavy atom. The SMILES string of the molecule is COC(=O)/C=C/CNC(=O)c1ccc(OC(C)(C)C)cn1. The summed E-state index contributed by atoms with van der Waals surface area (Å²) in [6, 6.07) is 3.28. The average Bonchev–Trinajstić information content (AvgIpc) is 2.42. The van der Waals surface area contributed by atoms with Crippen LogP contribution in [0.5, 0.6) is 5.75 Å². The highest BCUT2D eigenvalue weighted by Crippen LogP contribution is 2.16. The van der Waals surface area contributed by atoms with Gasteiger partial charge in [0.25, 0.3) is 5.91 Å². The number of amides is 1. The Bertz CT molecular complexity index is 515. The fraction of sp³-hybridized carbons (Fsp3) is 0.400. The molecule has 1 N–H and O–H groups in total. The van der Waals surface area contributed by atoms with Gasteiger partial charge in [0.1, 0.15) is 17.0 Å². The Morgan fingerprint density at radius 3 is 2.57 bits per heavy atom. The van der Waals surface area contributed by atoms with Crippen LogP contribution < -0.4 is 10.1 Å². The Labute approximate surface area is 124 Å². The van der Waals surface area contributed by atoms with E-state index < -0.39 is 5.97 Å². The fourth-order valence-corrected chi connectivity index (χ4v) is 1.39. The number of rotatable bonds is 5. The molecule has 0 atom stereocenters. The molecule has 114 valence electrons. The summed E-state index contributed by atoms with van der Waals surface area (Å²) in [6.07, 6.45) is 4.25. The van der Waals surface area contributed by atoms with E-state index in [1.807, 2.05) is 20.8 Å². The number of esters is 1. The first-order chi connectivity index (χ1) is 9.81. The van der Waals surface area contributed by atoms with Gasteiger partial charge < -0.3 is 14.8 Å². The molecule has 0 bridgehead atoms. The zero-order valence-electron chi connectivity index (χ0n) is 12.7. The van der Waals surface area contributed by atoms with Crippen molar-refractivity contribution in [2.45, 2.75) is 26.4 Å². The molecule has 0 fully saturated rings. The highest BCUT2D eigenvalue weighted by molar-refractivity contribution is 5.92. The van der Waals surface area contributed by atoms with E-state index in [1.165, 1.54) is 25.5 Å². The molecule has 1 amide bonds. The average molecular weight is 292 g/mol. The summed E-state index contributed by atoms with van der Waals surface area (Å²) < 4.78 is 10.0. The van der Waals surface area contributed by atoms with Crippen molar-refractivity contribution in [1.29, 1.82) is 0 Å².